The first-order chi connectivity index (χ1) is 8.51. The normalized spacial score (nSPS) is 14.6. The smallest absolute Gasteiger partial charge is 0.308 e. The minimum absolute atomic E-state index is 0.00931. The van der Waals surface area contributed by atoms with E-state index in [9.17, 15) is 4.79 Å². The van der Waals surface area contributed by atoms with Gasteiger partial charge in [0, 0.05) is 0 Å². The van der Waals surface area contributed by atoms with Gasteiger partial charge < -0.3 is 4.74 Å². The number of esters is 1. The lowest BCUT2D eigenvalue weighted by Crippen LogP contribution is -2.20. The Hall–Kier alpha value is -0.530. The molecule has 0 aromatic carbocycles. The van der Waals surface area contributed by atoms with E-state index in [1.807, 2.05) is 0 Å². The average Bonchev–Trinajstić information content (AvgIpc) is 2.32. The summed E-state index contributed by atoms with van der Waals surface area (Å²) in [7, 11) is 0. The van der Waals surface area contributed by atoms with Crippen molar-refractivity contribution in [2.24, 2.45) is 17.8 Å². The zero-order chi connectivity index (χ0) is 14.0. The SMILES string of the molecule is CCCC(CC)C(=O)OCC(C)CCCC(C)C. The Labute approximate surface area is 113 Å². The lowest BCUT2D eigenvalue weighted by Gasteiger charge is -2.16. The fourth-order valence-corrected chi connectivity index (χ4v) is 2.14. The third-order valence-corrected chi connectivity index (χ3v) is 3.45. The second-order valence-electron chi connectivity index (χ2n) is 5.95. The Bertz CT molecular complexity index is 211. The molecular weight excluding hydrogens is 224 g/mol. The number of hydrogen-bond acceptors (Lipinski definition) is 2. The van der Waals surface area contributed by atoms with E-state index < -0.39 is 0 Å². The van der Waals surface area contributed by atoms with Gasteiger partial charge in [-0.3, -0.25) is 4.79 Å². The second kappa shape index (κ2) is 10.4. The topological polar surface area (TPSA) is 26.3 Å². The average molecular weight is 256 g/mol. The van der Waals surface area contributed by atoms with Crippen LogP contribution < -0.4 is 0 Å². The number of ether oxygens (including phenoxy) is 1. The Balaban J connectivity index is 3.75. The third kappa shape index (κ3) is 8.54. The molecule has 0 N–H and O–H groups in total. The van der Waals surface area contributed by atoms with E-state index in [4.69, 9.17) is 4.74 Å². The van der Waals surface area contributed by atoms with Gasteiger partial charge in [-0.15, -0.1) is 0 Å². The second-order valence-corrected chi connectivity index (χ2v) is 5.95. The molecule has 2 unspecified atom stereocenters. The minimum atomic E-state index is 0.00931. The van der Waals surface area contributed by atoms with Gasteiger partial charge in [-0.2, -0.15) is 0 Å². The van der Waals surface area contributed by atoms with Crippen LogP contribution in [0.1, 0.15) is 73.1 Å². The zero-order valence-electron chi connectivity index (χ0n) is 13.0. The predicted molar refractivity (Wildman–Crippen MR) is 77.5 cm³/mol. The van der Waals surface area contributed by atoms with Crippen molar-refractivity contribution in [3.05, 3.63) is 0 Å². The highest BCUT2D eigenvalue weighted by Gasteiger charge is 2.17. The van der Waals surface area contributed by atoms with Crippen molar-refractivity contribution in [1.29, 1.82) is 0 Å². The van der Waals surface area contributed by atoms with Crippen LogP contribution in [0, 0.1) is 17.8 Å². The lowest BCUT2D eigenvalue weighted by atomic mass is 9.99. The van der Waals surface area contributed by atoms with Crippen LogP contribution in [-0.2, 0) is 9.53 Å². The molecule has 0 amide bonds. The summed E-state index contributed by atoms with van der Waals surface area (Å²) in [5.41, 5.74) is 0. The van der Waals surface area contributed by atoms with Crippen LogP contribution in [0.4, 0.5) is 0 Å². The summed E-state index contributed by atoms with van der Waals surface area (Å²) in [6, 6.07) is 0. The summed E-state index contributed by atoms with van der Waals surface area (Å²) in [4.78, 5) is 11.8. The van der Waals surface area contributed by atoms with Crippen LogP contribution in [0.25, 0.3) is 0 Å². The summed E-state index contributed by atoms with van der Waals surface area (Å²) < 4.78 is 5.43. The van der Waals surface area contributed by atoms with Gasteiger partial charge in [-0.1, -0.05) is 53.9 Å². The maximum atomic E-state index is 11.8. The number of carbonyl (C=O) groups excluding carboxylic acids is 1. The zero-order valence-corrected chi connectivity index (χ0v) is 13.0. The van der Waals surface area contributed by atoms with E-state index in [-0.39, 0.29) is 11.9 Å². The molecule has 0 bridgehead atoms. The molecule has 108 valence electrons. The maximum Gasteiger partial charge on any atom is 0.308 e. The molecule has 0 aliphatic carbocycles. The molecule has 0 aliphatic heterocycles. The highest BCUT2D eigenvalue weighted by atomic mass is 16.5. The molecule has 0 rings (SSSR count). The standard InChI is InChI=1S/C16H32O2/c1-6-9-15(7-2)16(17)18-12-14(5)11-8-10-13(3)4/h13-15H,6-12H2,1-5H3. The molecule has 18 heavy (non-hydrogen) atoms. The summed E-state index contributed by atoms with van der Waals surface area (Å²) >= 11 is 0. The van der Waals surface area contributed by atoms with E-state index in [1.54, 1.807) is 0 Å². The molecule has 0 radical (unpaired) electrons. The number of hydrogen-bond donors (Lipinski definition) is 0. The van der Waals surface area contributed by atoms with Crippen molar-refractivity contribution >= 4 is 5.97 Å². The van der Waals surface area contributed by atoms with E-state index in [1.165, 1.54) is 12.8 Å². The van der Waals surface area contributed by atoms with Gasteiger partial charge in [0.1, 0.15) is 0 Å². The molecule has 0 aromatic heterocycles. The molecular formula is C16H32O2. The fraction of sp³-hybridized carbons (Fsp3) is 0.938. The number of rotatable bonds is 10. The Kier molecular flexibility index (Phi) is 10.1. The van der Waals surface area contributed by atoms with Gasteiger partial charge in [-0.25, -0.2) is 0 Å². The molecule has 0 spiro atoms. The molecule has 0 fully saturated rings. The summed E-state index contributed by atoms with van der Waals surface area (Å²) in [6.45, 7) is 11.5. The maximum absolute atomic E-state index is 11.8. The minimum Gasteiger partial charge on any atom is -0.465 e. The largest absolute Gasteiger partial charge is 0.465 e. The van der Waals surface area contributed by atoms with Crippen molar-refractivity contribution in [2.45, 2.75) is 73.1 Å². The van der Waals surface area contributed by atoms with Gasteiger partial charge in [0.25, 0.3) is 0 Å². The van der Waals surface area contributed by atoms with Gasteiger partial charge in [0.15, 0.2) is 0 Å². The van der Waals surface area contributed by atoms with E-state index in [2.05, 4.69) is 34.6 Å². The van der Waals surface area contributed by atoms with Crippen molar-refractivity contribution < 1.29 is 9.53 Å². The summed E-state index contributed by atoms with van der Waals surface area (Å²) in [6.07, 6.45) is 6.58. The molecule has 2 atom stereocenters. The van der Waals surface area contributed by atoms with Crippen molar-refractivity contribution in [1.82, 2.24) is 0 Å². The quantitative estimate of drug-likeness (QED) is 0.524. The third-order valence-electron chi connectivity index (χ3n) is 3.45. The van der Waals surface area contributed by atoms with Crippen LogP contribution in [0.3, 0.4) is 0 Å². The Morgan fingerprint density at radius 1 is 1.06 bits per heavy atom. The fourth-order valence-electron chi connectivity index (χ4n) is 2.14. The van der Waals surface area contributed by atoms with Crippen molar-refractivity contribution in [3.8, 4) is 0 Å². The molecule has 0 saturated heterocycles. The molecule has 0 aliphatic rings. The summed E-state index contributed by atoms with van der Waals surface area (Å²) in [5.74, 6) is 1.38. The van der Waals surface area contributed by atoms with Gasteiger partial charge in [0.05, 0.1) is 12.5 Å². The van der Waals surface area contributed by atoms with E-state index >= 15 is 0 Å². The molecule has 0 heterocycles. The number of carbonyl (C=O) groups is 1. The lowest BCUT2D eigenvalue weighted by molar-refractivity contribution is -0.150. The van der Waals surface area contributed by atoms with Gasteiger partial charge >= 0.3 is 5.97 Å². The predicted octanol–water partition coefficient (Wildman–Crippen LogP) is 4.82. The monoisotopic (exact) mass is 256 g/mol. The molecule has 2 nitrogen and oxygen atoms in total. The molecule has 0 saturated carbocycles. The Morgan fingerprint density at radius 2 is 1.72 bits per heavy atom. The van der Waals surface area contributed by atoms with Gasteiger partial charge in [-0.05, 0) is 31.1 Å². The Morgan fingerprint density at radius 3 is 2.22 bits per heavy atom. The first-order valence-electron chi connectivity index (χ1n) is 7.67. The van der Waals surface area contributed by atoms with E-state index in [0.29, 0.717) is 12.5 Å². The van der Waals surface area contributed by atoms with Crippen LogP contribution in [0.15, 0.2) is 0 Å². The summed E-state index contributed by atoms with van der Waals surface area (Å²) in [5, 5.41) is 0. The van der Waals surface area contributed by atoms with Crippen LogP contribution in [-0.4, -0.2) is 12.6 Å². The molecule has 0 aromatic rings. The van der Waals surface area contributed by atoms with Crippen LogP contribution in [0.5, 0.6) is 0 Å². The van der Waals surface area contributed by atoms with Crippen molar-refractivity contribution in [2.75, 3.05) is 6.61 Å². The van der Waals surface area contributed by atoms with Crippen molar-refractivity contribution in [3.63, 3.8) is 0 Å². The first-order valence-corrected chi connectivity index (χ1v) is 7.67. The van der Waals surface area contributed by atoms with Crippen LogP contribution >= 0.6 is 0 Å². The van der Waals surface area contributed by atoms with E-state index in [0.717, 1.165) is 31.6 Å². The highest BCUT2D eigenvalue weighted by Crippen LogP contribution is 2.16. The van der Waals surface area contributed by atoms with Crippen LogP contribution in [0.2, 0.25) is 0 Å². The first kappa shape index (κ1) is 17.5. The highest BCUT2D eigenvalue weighted by molar-refractivity contribution is 5.72. The van der Waals surface area contributed by atoms with Gasteiger partial charge in [0.2, 0.25) is 0 Å². The molecule has 2 heteroatoms.